The van der Waals surface area contributed by atoms with Crippen LogP contribution in [-0.4, -0.2) is 37.1 Å². The molecule has 1 fully saturated rings. The minimum absolute atomic E-state index is 0.0462. The van der Waals surface area contributed by atoms with Crippen molar-refractivity contribution >= 4 is 33.7 Å². The second kappa shape index (κ2) is 8.21. The Morgan fingerprint density at radius 2 is 1.84 bits per heavy atom. The zero-order valence-corrected chi connectivity index (χ0v) is 15.9. The molecule has 2 aromatic rings. The van der Waals surface area contributed by atoms with Gasteiger partial charge >= 0.3 is 6.03 Å². The van der Waals surface area contributed by atoms with E-state index in [0.29, 0.717) is 0 Å². The molecule has 4 nitrogen and oxygen atoms in total. The summed E-state index contributed by atoms with van der Waals surface area (Å²) in [4.78, 5) is 16.5. The smallest absolute Gasteiger partial charge is 0.321 e. The molecule has 1 N–H and O–H groups in total. The number of rotatable bonds is 3. The van der Waals surface area contributed by atoms with E-state index in [-0.39, 0.29) is 6.03 Å². The second-order valence-electron chi connectivity index (χ2n) is 6.15. The van der Waals surface area contributed by atoms with E-state index < -0.39 is 0 Å². The highest BCUT2D eigenvalue weighted by Gasteiger charge is 2.20. The van der Waals surface area contributed by atoms with Crippen LogP contribution in [0.5, 0.6) is 0 Å². The summed E-state index contributed by atoms with van der Waals surface area (Å²) in [5, 5.41) is 2.86. The summed E-state index contributed by atoms with van der Waals surface area (Å²) in [5.74, 6) is 0. The fraction of sp³-hybridized carbons (Fsp3) is 0.250. The number of piperazine rings is 1. The molecule has 1 aliphatic rings. The number of carbonyl (C=O) groups excluding carboxylic acids is 1. The number of urea groups is 1. The van der Waals surface area contributed by atoms with Crippen LogP contribution in [0.25, 0.3) is 6.08 Å². The number of halogens is 1. The summed E-state index contributed by atoms with van der Waals surface area (Å²) in [5.41, 5.74) is 3.53. The van der Waals surface area contributed by atoms with E-state index in [1.165, 1.54) is 11.3 Å². The van der Waals surface area contributed by atoms with E-state index >= 15 is 0 Å². The van der Waals surface area contributed by atoms with Gasteiger partial charge in [0.1, 0.15) is 0 Å². The predicted molar refractivity (Wildman–Crippen MR) is 107 cm³/mol. The maximum atomic E-state index is 12.3. The normalized spacial score (nSPS) is 14.8. The number of anilines is 1. The van der Waals surface area contributed by atoms with Crippen LogP contribution >= 0.6 is 15.9 Å². The van der Waals surface area contributed by atoms with Gasteiger partial charge in [-0.1, -0.05) is 40.2 Å². The number of amides is 2. The first kappa shape index (κ1) is 17.5. The number of carbonyl (C=O) groups is 1. The monoisotopic (exact) mass is 399 g/mol. The molecular weight excluding hydrogens is 378 g/mol. The van der Waals surface area contributed by atoms with E-state index in [4.69, 9.17) is 0 Å². The first-order chi connectivity index (χ1) is 12.1. The van der Waals surface area contributed by atoms with E-state index in [1.807, 2.05) is 35.2 Å². The molecule has 0 unspecified atom stereocenters. The number of benzene rings is 2. The van der Waals surface area contributed by atoms with Crippen LogP contribution in [0.15, 0.2) is 59.2 Å². The minimum atomic E-state index is -0.0462. The van der Waals surface area contributed by atoms with Crippen LogP contribution < -0.4 is 10.2 Å². The van der Waals surface area contributed by atoms with Gasteiger partial charge in [0, 0.05) is 42.5 Å². The number of nitrogens with zero attached hydrogens (tertiary/aromatic N) is 2. The van der Waals surface area contributed by atoms with Crippen molar-refractivity contribution in [3.05, 3.63) is 70.3 Å². The Morgan fingerprint density at radius 1 is 1.08 bits per heavy atom. The molecule has 0 spiro atoms. The maximum absolute atomic E-state index is 12.3. The molecule has 0 aromatic heterocycles. The first-order valence-electron chi connectivity index (χ1n) is 8.41. The number of aryl methyl sites for hydroxylation is 1. The maximum Gasteiger partial charge on any atom is 0.321 e. The van der Waals surface area contributed by atoms with Crippen molar-refractivity contribution < 1.29 is 4.79 Å². The predicted octanol–water partition coefficient (Wildman–Crippen LogP) is 4.26. The van der Waals surface area contributed by atoms with Gasteiger partial charge in [-0.05, 0) is 48.4 Å². The molecule has 25 heavy (non-hydrogen) atoms. The lowest BCUT2D eigenvalue weighted by molar-refractivity contribution is 0.198. The molecular formula is C20H22BrN3O. The van der Waals surface area contributed by atoms with Gasteiger partial charge in [-0.15, -0.1) is 0 Å². The van der Waals surface area contributed by atoms with Crippen LogP contribution in [0.3, 0.4) is 0 Å². The van der Waals surface area contributed by atoms with Crippen LogP contribution in [0.2, 0.25) is 0 Å². The standard InChI is InChI=1S/C20H22BrN3O/c1-16-4-2-7-19(14-16)23-10-12-24(13-11-23)20(25)22-9-8-17-5-3-6-18(21)15-17/h2-9,14-15H,10-13H2,1H3,(H,22,25)/b9-8+. The molecule has 0 bridgehead atoms. The topological polar surface area (TPSA) is 35.6 Å². The van der Waals surface area contributed by atoms with Crippen molar-refractivity contribution in [1.82, 2.24) is 10.2 Å². The van der Waals surface area contributed by atoms with Gasteiger partial charge < -0.3 is 15.1 Å². The molecule has 1 aliphatic heterocycles. The van der Waals surface area contributed by atoms with Gasteiger partial charge in [0.05, 0.1) is 0 Å². The van der Waals surface area contributed by atoms with Crippen LogP contribution in [-0.2, 0) is 0 Å². The van der Waals surface area contributed by atoms with Crippen LogP contribution in [0, 0.1) is 6.92 Å². The molecule has 3 rings (SSSR count). The third-order valence-electron chi connectivity index (χ3n) is 4.26. The third-order valence-corrected chi connectivity index (χ3v) is 4.76. The van der Waals surface area contributed by atoms with E-state index in [0.717, 1.165) is 36.2 Å². The molecule has 2 aromatic carbocycles. The minimum Gasteiger partial charge on any atom is -0.368 e. The fourth-order valence-electron chi connectivity index (χ4n) is 2.90. The van der Waals surface area contributed by atoms with Gasteiger partial charge in [0.2, 0.25) is 0 Å². The van der Waals surface area contributed by atoms with Crippen molar-refractivity contribution in [3.63, 3.8) is 0 Å². The number of hydrogen-bond acceptors (Lipinski definition) is 2. The molecule has 2 amide bonds. The average Bonchev–Trinajstić information content (AvgIpc) is 2.62. The Labute approximate surface area is 157 Å². The van der Waals surface area contributed by atoms with Crippen LogP contribution in [0.4, 0.5) is 10.5 Å². The first-order valence-corrected chi connectivity index (χ1v) is 9.20. The molecule has 0 saturated carbocycles. The summed E-state index contributed by atoms with van der Waals surface area (Å²) in [6.07, 6.45) is 3.60. The fourth-order valence-corrected chi connectivity index (χ4v) is 3.32. The zero-order chi connectivity index (χ0) is 17.6. The Hall–Kier alpha value is -2.27. The van der Waals surface area contributed by atoms with Crippen molar-refractivity contribution in [2.45, 2.75) is 6.92 Å². The van der Waals surface area contributed by atoms with Gasteiger partial charge in [0.15, 0.2) is 0 Å². The molecule has 130 valence electrons. The Balaban J connectivity index is 1.50. The quantitative estimate of drug-likeness (QED) is 0.836. The molecule has 0 aliphatic carbocycles. The Kier molecular flexibility index (Phi) is 5.76. The Morgan fingerprint density at radius 3 is 2.56 bits per heavy atom. The lowest BCUT2D eigenvalue weighted by Gasteiger charge is -2.36. The molecule has 0 atom stereocenters. The number of nitrogens with one attached hydrogen (secondary N) is 1. The van der Waals surface area contributed by atoms with Crippen molar-refractivity contribution in [2.24, 2.45) is 0 Å². The van der Waals surface area contributed by atoms with Crippen molar-refractivity contribution in [3.8, 4) is 0 Å². The lowest BCUT2D eigenvalue weighted by atomic mass is 10.2. The summed E-state index contributed by atoms with van der Waals surface area (Å²) in [7, 11) is 0. The lowest BCUT2D eigenvalue weighted by Crippen LogP contribution is -2.51. The summed E-state index contributed by atoms with van der Waals surface area (Å²) >= 11 is 3.44. The number of hydrogen-bond donors (Lipinski definition) is 1. The molecule has 1 saturated heterocycles. The van der Waals surface area contributed by atoms with E-state index in [2.05, 4.69) is 57.3 Å². The highest BCUT2D eigenvalue weighted by Crippen LogP contribution is 2.18. The van der Waals surface area contributed by atoms with Gasteiger partial charge in [-0.25, -0.2) is 4.79 Å². The highest BCUT2D eigenvalue weighted by molar-refractivity contribution is 9.10. The summed E-state index contributed by atoms with van der Waals surface area (Å²) in [6.45, 7) is 5.26. The average molecular weight is 400 g/mol. The van der Waals surface area contributed by atoms with Gasteiger partial charge in [0.25, 0.3) is 0 Å². The van der Waals surface area contributed by atoms with E-state index in [1.54, 1.807) is 6.20 Å². The highest BCUT2D eigenvalue weighted by atomic mass is 79.9. The van der Waals surface area contributed by atoms with Crippen LogP contribution in [0.1, 0.15) is 11.1 Å². The van der Waals surface area contributed by atoms with Gasteiger partial charge in [-0.2, -0.15) is 0 Å². The van der Waals surface area contributed by atoms with Crippen molar-refractivity contribution in [2.75, 3.05) is 31.1 Å². The van der Waals surface area contributed by atoms with Gasteiger partial charge in [-0.3, -0.25) is 0 Å². The largest absolute Gasteiger partial charge is 0.368 e. The molecule has 1 heterocycles. The SMILES string of the molecule is Cc1cccc(N2CCN(C(=O)N/C=C/c3cccc(Br)c3)CC2)c1. The molecule has 0 radical (unpaired) electrons. The van der Waals surface area contributed by atoms with Crippen molar-refractivity contribution in [1.29, 1.82) is 0 Å². The Bertz CT molecular complexity index is 767. The third kappa shape index (κ3) is 4.86. The summed E-state index contributed by atoms with van der Waals surface area (Å²) in [6, 6.07) is 16.4. The van der Waals surface area contributed by atoms with E-state index in [9.17, 15) is 4.79 Å². The second-order valence-corrected chi connectivity index (χ2v) is 7.07. The summed E-state index contributed by atoms with van der Waals surface area (Å²) < 4.78 is 1.02. The molecule has 5 heteroatoms. The zero-order valence-electron chi connectivity index (χ0n) is 14.3.